The normalized spacial score (nSPS) is 15.5. The van der Waals surface area contributed by atoms with E-state index in [1.165, 1.54) is 5.56 Å². The van der Waals surface area contributed by atoms with Crippen LogP contribution in [0.3, 0.4) is 0 Å². The standard InChI is InChI=1S/C20H26N4O2/c1-20(2,3)15-6-4-5-7-16(15)21-17-8-9-18(24-23-17)22-19(25)14-10-12-26-13-11-14/h4-9,14H,10-13H2,1-3H3,(H,21,23)(H,22,24,25). The third kappa shape index (κ3) is 4.58. The van der Waals surface area contributed by atoms with Gasteiger partial charge in [0.1, 0.15) is 0 Å². The Morgan fingerprint density at radius 1 is 1.04 bits per heavy atom. The highest BCUT2D eigenvalue weighted by molar-refractivity contribution is 5.91. The zero-order valence-electron chi connectivity index (χ0n) is 15.6. The Kier molecular flexibility index (Phi) is 5.52. The smallest absolute Gasteiger partial charge is 0.228 e. The van der Waals surface area contributed by atoms with E-state index in [4.69, 9.17) is 4.74 Å². The number of anilines is 3. The van der Waals surface area contributed by atoms with E-state index in [1.54, 1.807) is 6.07 Å². The number of carbonyl (C=O) groups is 1. The van der Waals surface area contributed by atoms with Crippen LogP contribution in [0.25, 0.3) is 0 Å². The molecular weight excluding hydrogens is 328 g/mol. The summed E-state index contributed by atoms with van der Waals surface area (Å²) in [4.78, 5) is 12.2. The van der Waals surface area contributed by atoms with Crippen LogP contribution in [0.5, 0.6) is 0 Å². The molecule has 6 heteroatoms. The molecule has 1 amide bonds. The first-order chi connectivity index (χ1) is 12.4. The van der Waals surface area contributed by atoms with Crippen LogP contribution in [0.4, 0.5) is 17.3 Å². The highest BCUT2D eigenvalue weighted by Gasteiger charge is 2.22. The molecule has 3 rings (SSSR count). The number of hydrogen-bond acceptors (Lipinski definition) is 5. The summed E-state index contributed by atoms with van der Waals surface area (Å²) >= 11 is 0. The maximum Gasteiger partial charge on any atom is 0.228 e. The molecule has 0 atom stereocenters. The first kappa shape index (κ1) is 18.3. The number of para-hydroxylation sites is 1. The number of benzene rings is 1. The maximum atomic E-state index is 12.2. The molecule has 2 aromatic rings. The molecule has 0 aliphatic carbocycles. The van der Waals surface area contributed by atoms with Gasteiger partial charge in [0.15, 0.2) is 11.6 Å². The summed E-state index contributed by atoms with van der Waals surface area (Å²) in [6, 6.07) is 11.8. The van der Waals surface area contributed by atoms with Gasteiger partial charge in [-0.05, 0) is 42.0 Å². The van der Waals surface area contributed by atoms with Crippen molar-refractivity contribution < 1.29 is 9.53 Å². The molecule has 0 unspecified atom stereocenters. The number of nitrogens with zero attached hydrogens (tertiary/aromatic N) is 2. The molecule has 0 radical (unpaired) electrons. The van der Waals surface area contributed by atoms with E-state index < -0.39 is 0 Å². The lowest BCUT2D eigenvalue weighted by atomic mass is 9.86. The van der Waals surface area contributed by atoms with E-state index in [0.29, 0.717) is 24.8 Å². The van der Waals surface area contributed by atoms with Gasteiger partial charge in [0.2, 0.25) is 5.91 Å². The highest BCUT2D eigenvalue weighted by atomic mass is 16.5. The van der Waals surface area contributed by atoms with Crippen molar-refractivity contribution in [2.24, 2.45) is 5.92 Å². The molecule has 1 aromatic heterocycles. The molecule has 138 valence electrons. The number of carbonyl (C=O) groups excluding carboxylic acids is 1. The minimum atomic E-state index is -0.0126. The number of rotatable bonds is 4. The third-order valence-electron chi connectivity index (χ3n) is 4.51. The van der Waals surface area contributed by atoms with Crippen molar-refractivity contribution in [1.29, 1.82) is 0 Å². The van der Waals surface area contributed by atoms with Crippen LogP contribution in [0, 0.1) is 5.92 Å². The summed E-state index contributed by atoms with van der Waals surface area (Å²) in [7, 11) is 0. The molecule has 0 bridgehead atoms. The number of nitrogens with one attached hydrogen (secondary N) is 2. The number of aromatic nitrogens is 2. The van der Waals surface area contributed by atoms with Crippen LogP contribution in [0.2, 0.25) is 0 Å². The van der Waals surface area contributed by atoms with Crippen molar-refractivity contribution in [1.82, 2.24) is 10.2 Å². The summed E-state index contributed by atoms with van der Waals surface area (Å²) in [6.07, 6.45) is 1.50. The first-order valence-corrected chi connectivity index (χ1v) is 9.02. The monoisotopic (exact) mass is 354 g/mol. The van der Waals surface area contributed by atoms with Crippen LogP contribution < -0.4 is 10.6 Å². The second-order valence-electron chi connectivity index (χ2n) is 7.60. The molecule has 1 aromatic carbocycles. The van der Waals surface area contributed by atoms with Crippen LogP contribution in [-0.2, 0) is 14.9 Å². The Labute approximate surface area is 154 Å². The molecule has 0 saturated carbocycles. The Bertz CT molecular complexity index is 747. The van der Waals surface area contributed by atoms with Gasteiger partial charge in [0, 0.05) is 24.8 Å². The van der Waals surface area contributed by atoms with Gasteiger partial charge in [-0.3, -0.25) is 4.79 Å². The van der Waals surface area contributed by atoms with Crippen LogP contribution in [0.15, 0.2) is 36.4 Å². The van der Waals surface area contributed by atoms with Crippen LogP contribution >= 0.6 is 0 Å². The predicted octanol–water partition coefficient (Wildman–Crippen LogP) is 3.88. The maximum absolute atomic E-state index is 12.2. The average Bonchev–Trinajstić information content (AvgIpc) is 2.63. The molecule has 1 saturated heterocycles. The van der Waals surface area contributed by atoms with Crippen LogP contribution in [-0.4, -0.2) is 29.3 Å². The Balaban J connectivity index is 1.66. The lowest BCUT2D eigenvalue weighted by Gasteiger charge is -2.23. The highest BCUT2D eigenvalue weighted by Crippen LogP contribution is 2.30. The van der Waals surface area contributed by atoms with Gasteiger partial charge in [0.05, 0.1) is 0 Å². The summed E-state index contributed by atoms with van der Waals surface area (Å²) in [5, 5.41) is 14.5. The third-order valence-corrected chi connectivity index (χ3v) is 4.51. The van der Waals surface area contributed by atoms with Gasteiger partial charge < -0.3 is 15.4 Å². The van der Waals surface area contributed by atoms with Crippen molar-refractivity contribution in [2.75, 3.05) is 23.8 Å². The zero-order valence-corrected chi connectivity index (χ0v) is 15.6. The Hall–Kier alpha value is -2.47. The Morgan fingerprint density at radius 3 is 2.35 bits per heavy atom. The summed E-state index contributed by atoms with van der Waals surface area (Å²) in [6.45, 7) is 7.80. The van der Waals surface area contributed by atoms with Gasteiger partial charge in [-0.15, -0.1) is 10.2 Å². The Morgan fingerprint density at radius 2 is 1.69 bits per heavy atom. The number of amides is 1. The first-order valence-electron chi connectivity index (χ1n) is 9.02. The van der Waals surface area contributed by atoms with E-state index in [1.807, 2.05) is 24.3 Å². The van der Waals surface area contributed by atoms with Crippen LogP contribution in [0.1, 0.15) is 39.2 Å². The number of ether oxygens (including phenoxy) is 1. The fraction of sp³-hybridized carbons (Fsp3) is 0.450. The van der Waals surface area contributed by atoms with Crippen molar-refractivity contribution in [3.05, 3.63) is 42.0 Å². The molecule has 2 N–H and O–H groups in total. The van der Waals surface area contributed by atoms with E-state index in [2.05, 4.69) is 47.7 Å². The molecule has 6 nitrogen and oxygen atoms in total. The fourth-order valence-electron chi connectivity index (χ4n) is 3.04. The van der Waals surface area contributed by atoms with E-state index in [9.17, 15) is 4.79 Å². The van der Waals surface area contributed by atoms with E-state index >= 15 is 0 Å². The molecule has 1 aliphatic heterocycles. The lowest BCUT2D eigenvalue weighted by Crippen LogP contribution is -2.28. The number of hydrogen-bond donors (Lipinski definition) is 2. The molecule has 1 fully saturated rings. The molecule has 0 spiro atoms. The quantitative estimate of drug-likeness (QED) is 0.871. The van der Waals surface area contributed by atoms with Gasteiger partial charge >= 0.3 is 0 Å². The van der Waals surface area contributed by atoms with Gasteiger partial charge in [-0.2, -0.15) is 0 Å². The zero-order chi connectivity index (χ0) is 18.6. The molecule has 2 heterocycles. The molecule has 26 heavy (non-hydrogen) atoms. The van der Waals surface area contributed by atoms with Crippen molar-refractivity contribution in [3.63, 3.8) is 0 Å². The van der Waals surface area contributed by atoms with Gasteiger partial charge in [-0.25, -0.2) is 0 Å². The lowest BCUT2D eigenvalue weighted by molar-refractivity contribution is -0.122. The van der Waals surface area contributed by atoms with Crippen molar-refractivity contribution in [3.8, 4) is 0 Å². The summed E-state index contributed by atoms with van der Waals surface area (Å²) < 4.78 is 5.29. The fourth-order valence-corrected chi connectivity index (χ4v) is 3.04. The second kappa shape index (κ2) is 7.83. The largest absolute Gasteiger partial charge is 0.381 e. The predicted molar refractivity (Wildman–Crippen MR) is 103 cm³/mol. The second-order valence-corrected chi connectivity index (χ2v) is 7.60. The van der Waals surface area contributed by atoms with Gasteiger partial charge in [-0.1, -0.05) is 39.0 Å². The average molecular weight is 354 g/mol. The summed E-state index contributed by atoms with van der Waals surface area (Å²) in [5.74, 6) is 1.09. The minimum absolute atomic E-state index is 0.0120. The van der Waals surface area contributed by atoms with E-state index in [0.717, 1.165) is 18.5 Å². The van der Waals surface area contributed by atoms with E-state index in [-0.39, 0.29) is 17.2 Å². The SMILES string of the molecule is CC(C)(C)c1ccccc1Nc1ccc(NC(=O)C2CCOCC2)nn1. The molecular formula is C20H26N4O2. The van der Waals surface area contributed by atoms with Gasteiger partial charge in [0.25, 0.3) is 0 Å². The summed E-state index contributed by atoms with van der Waals surface area (Å²) in [5.41, 5.74) is 2.24. The molecule has 1 aliphatic rings. The minimum Gasteiger partial charge on any atom is -0.381 e. The topological polar surface area (TPSA) is 76.1 Å². The van der Waals surface area contributed by atoms with Crippen molar-refractivity contribution >= 4 is 23.2 Å². The van der Waals surface area contributed by atoms with Crippen molar-refractivity contribution in [2.45, 2.75) is 39.0 Å².